The zero-order chi connectivity index (χ0) is 18.4. The predicted octanol–water partition coefficient (Wildman–Crippen LogP) is 2.80. The highest BCUT2D eigenvalue weighted by Gasteiger charge is 2.21. The summed E-state index contributed by atoms with van der Waals surface area (Å²) in [6.45, 7) is 1.28. The van der Waals surface area contributed by atoms with Crippen molar-refractivity contribution in [2.75, 3.05) is 0 Å². The molecule has 0 aliphatic carbocycles. The van der Waals surface area contributed by atoms with Gasteiger partial charge in [-0.3, -0.25) is 9.59 Å². The number of carbonyl (C=O) groups excluding carboxylic acids is 2. The molecule has 130 valence electrons. The number of esters is 1. The van der Waals surface area contributed by atoms with E-state index >= 15 is 0 Å². The molecule has 25 heavy (non-hydrogen) atoms. The molecule has 0 aliphatic rings. The first kappa shape index (κ1) is 18.7. The number of hydrogen-bond acceptors (Lipinski definition) is 4. The molecule has 2 rings (SSSR count). The van der Waals surface area contributed by atoms with Crippen LogP contribution in [0.3, 0.4) is 0 Å². The molecular weight excluding hydrogens is 390 g/mol. The number of amides is 1. The second-order valence-corrected chi connectivity index (χ2v) is 6.23. The van der Waals surface area contributed by atoms with E-state index in [0.29, 0.717) is 5.75 Å². The first-order valence-electron chi connectivity index (χ1n) is 7.42. The summed E-state index contributed by atoms with van der Waals surface area (Å²) in [5.74, 6) is -1.79. The van der Waals surface area contributed by atoms with Crippen molar-refractivity contribution in [2.45, 2.75) is 19.4 Å². The van der Waals surface area contributed by atoms with E-state index in [9.17, 15) is 19.5 Å². The third-order valence-corrected chi connectivity index (χ3v) is 3.80. The first-order valence-corrected chi connectivity index (χ1v) is 8.21. The number of nitrogens with one attached hydrogen (secondary N) is 1. The molecule has 0 spiro atoms. The molecular formula is C18H16BrNO5. The molecule has 0 saturated heterocycles. The lowest BCUT2D eigenvalue weighted by Crippen LogP contribution is -2.42. The Kier molecular flexibility index (Phi) is 6.30. The Labute approximate surface area is 152 Å². The lowest BCUT2D eigenvalue weighted by Gasteiger charge is -2.15. The maximum atomic E-state index is 12.3. The van der Waals surface area contributed by atoms with Crippen LogP contribution in [-0.2, 0) is 16.0 Å². The molecule has 0 bridgehead atoms. The minimum Gasteiger partial charge on any atom is -0.480 e. The van der Waals surface area contributed by atoms with Gasteiger partial charge in [-0.2, -0.15) is 0 Å². The van der Waals surface area contributed by atoms with E-state index in [-0.39, 0.29) is 12.0 Å². The van der Waals surface area contributed by atoms with Crippen LogP contribution in [0.1, 0.15) is 22.8 Å². The van der Waals surface area contributed by atoms with Crippen LogP contribution in [0.25, 0.3) is 0 Å². The molecule has 2 aromatic rings. The molecule has 7 heteroatoms. The molecule has 0 saturated carbocycles. The maximum Gasteiger partial charge on any atom is 0.326 e. The van der Waals surface area contributed by atoms with Gasteiger partial charge in [-0.05, 0) is 42.0 Å². The zero-order valence-electron chi connectivity index (χ0n) is 13.4. The minimum atomic E-state index is -1.12. The molecule has 1 amide bonds. The van der Waals surface area contributed by atoms with Crippen molar-refractivity contribution in [3.05, 3.63) is 64.1 Å². The van der Waals surface area contributed by atoms with E-state index in [4.69, 9.17) is 4.74 Å². The zero-order valence-corrected chi connectivity index (χ0v) is 14.9. The Balaban J connectivity index is 2.07. The Bertz CT molecular complexity index is 788. The van der Waals surface area contributed by atoms with E-state index in [1.807, 2.05) is 6.07 Å². The Hall–Kier alpha value is -2.67. The van der Waals surface area contributed by atoms with Crippen LogP contribution in [0, 0.1) is 0 Å². The van der Waals surface area contributed by atoms with Crippen LogP contribution in [0.4, 0.5) is 0 Å². The summed E-state index contributed by atoms with van der Waals surface area (Å²) in [5.41, 5.74) is 1.06. The quantitative estimate of drug-likeness (QED) is 0.569. The minimum absolute atomic E-state index is 0.159. The SMILES string of the molecule is CC(=O)Oc1ccc(C(=O)N[C@H](Cc2cccc(Br)c2)C(=O)O)cc1. The van der Waals surface area contributed by atoms with Gasteiger partial charge in [0.25, 0.3) is 5.91 Å². The summed E-state index contributed by atoms with van der Waals surface area (Å²) >= 11 is 3.33. The average Bonchev–Trinajstić information content (AvgIpc) is 2.54. The van der Waals surface area contributed by atoms with Crippen LogP contribution in [0.15, 0.2) is 53.0 Å². The molecule has 1 atom stereocenters. The van der Waals surface area contributed by atoms with Crippen molar-refractivity contribution in [1.29, 1.82) is 0 Å². The van der Waals surface area contributed by atoms with Crippen LogP contribution in [0.2, 0.25) is 0 Å². The van der Waals surface area contributed by atoms with Crippen LogP contribution < -0.4 is 10.1 Å². The molecule has 6 nitrogen and oxygen atoms in total. The fourth-order valence-electron chi connectivity index (χ4n) is 2.18. The highest BCUT2D eigenvalue weighted by atomic mass is 79.9. The highest BCUT2D eigenvalue weighted by molar-refractivity contribution is 9.10. The average molecular weight is 406 g/mol. The maximum absolute atomic E-state index is 12.3. The molecule has 0 radical (unpaired) electrons. The lowest BCUT2D eigenvalue weighted by atomic mass is 10.1. The fourth-order valence-corrected chi connectivity index (χ4v) is 2.63. The number of ether oxygens (including phenoxy) is 1. The van der Waals surface area contributed by atoms with Crippen LogP contribution >= 0.6 is 15.9 Å². The summed E-state index contributed by atoms with van der Waals surface area (Å²) in [6.07, 6.45) is 0.159. The number of carboxylic acid groups (broad SMARTS) is 1. The normalized spacial score (nSPS) is 11.4. The van der Waals surface area contributed by atoms with Crippen molar-refractivity contribution in [1.82, 2.24) is 5.32 Å². The number of aliphatic carboxylic acids is 1. The highest BCUT2D eigenvalue weighted by Crippen LogP contribution is 2.15. The second-order valence-electron chi connectivity index (χ2n) is 5.32. The molecule has 0 heterocycles. The van der Waals surface area contributed by atoms with Gasteiger partial charge in [0, 0.05) is 23.4 Å². The molecule has 0 aliphatic heterocycles. The van der Waals surface area contributed by atoms with Gasteiger partial charge in [-0.15, -0.1) is 0 Å². The van der Waals surface area contributed by atoms with Crippen LogP contribution in [0.5, 0.6) is 5.75 Å². The number of carbonyl (C=O) groups is 3. The summed E-state index contributed by atoms with van der Waals surface area (Å²) in [4.78, 5) is 34.6. The molecule has 2 N–H and O–H groups in total. The lowest BCUT2D eigenvalue weighted by molar-refractivity contribution is -0.139. The largest absolute Gasteiger partial charge is 0.480 e. The third-order valence-electron chi connectivity index (χ3n) is 3.31. The Morgan fingerprint density at radius 2 is 1.84 bits per heavy atom. The number of halogens is 1. The van der Waals surface area contributed by atoms with Crippen molar-refractivity contribution < 1.29 is 24.2 Å². The van der Waals surface area contributed by atoms with E-state index in [2.05, 4.69) is 21.2 Å². The Morgan fingerprint density at radius 1 is 1.16 bits per heavy atom. The van der Waals surface area contributed by atoms with Gasteiger partial charge in [0.05, 0.1) is 0 Å². The van der Waals surface area contributed by atoms with Gasteiger partial charge >= 0.3 is 11.9 Å². The number of rotatable bonds is 6. The Morgan fingerprint density at radius 3 is 2.40 bits per heavy atom. The van der Waals surface area contributed by atoms with Crippen LogP contribution in [-0.4, -0.2) is 29.0 Å². The first-order chi connectivity index (χ1) is 11.8. The van der Waals surface area contributed by atoms with E-state index in [0.717, 1.165) is 10.0 Å². The number of benzene rings is 2. The predicted molar refractivity (Wildman–Crippen MR) is 94.5 cm³/mol. The smallest absolute Gasteiger partial charge is 0.326 e. The molecule has 0 unspecified atom stereocenters. The standard InChI is InChI=1S/C18H16BrNO5/c1-11(21)25-15-7-5-13(6-8-15)17(22)20-16(18(23)24)10-12-3-2-4-14(19)9-12/h2-9,16H,10H2,1H3,(H,20,22)(H,23,24)/t16-/m1/s1. The number of carboxylic acids is 1. The molecule has 2 aromatic carbocycles. The van der Waals surface area contributed by atoms with Gasteiger partial charge in [0.2, 0.25) is 0 Å². The topological polar surface area (TPSA) is 92.7 Å². The summed E-state index contributed by atoms with van der Waals surface area (Å²) in [6, 6.07) is 12.0. The fraction of sp³-hybridized carbons (Fsp3) is 0.167. The second kappa shape index (κ2) is 8.43. The molecule has 0 aromatic heterocycles. The van der Waals surface area contributed by atoms with E-state index < -0.39 is 23.9 Å². The summed E-state index contributed by atoms with van der Waals surface area (Å²) in [7, 11) is 0. The third kappa shape index (κ3) is 5.72. The van der Waals surface area contributed by atoms with Gasteiger partial charge < -0.3 is 15.2 Å². The number of hydrogen-bond donors (Lipinski definition) is 2. The van der Waals surface area contributed by atoms with Crippen molar-refractivity contribution >= 4 is 33.8 Å². The van der Waals surface area contributed by atoms with E-state index in [1.54, 1.807) is 18.2 Å². The van der Waals surface area contributed by atoms with Gasteiger partial charge in [-0.25, -0.2) is 4.79 Å². The van der Waals surface area contributed by atoms with Gasteiger partial charge in [-0.1, -0.05) is 28.1 Å². The monoisotopic (exact) mass is 405 g/mol. The van der Waals surface area contributed by atoms with Gasteiger partial charge in [0.15, 0.2) is 0 Å². The van der Waals surface area contributed by atoms with Crippen molar-refractivity contribution in [3.63, 3.8) is 0 Å². The summed E-state index contributed by atoms with van der Waals surface area (Å²) in [5, 5.41) is 11.9. The van der Waals surface area contributed by atoms with Crippen molar-refractivity contribution in [3.8, 4) is 5.75 Å². The van der Waals surface area contributed by atoms with Gasteiger partial charge in [0.1, 0.15) is 11.8 Å². The molecule has 0 fully saturated rings. The summed E-state index contributed by atoms with van der Waals surface area (Å²) < 4.78 is 5.72. The van der Waals surface area contributed by atoms with Crippen molar-refractivity contribution in [2.24, 2.45) is 0 Å². The van der Waals surface area contributed by atoms with E-state index in [1.165, 1.54) is 31.2 Å².